The standard InChI is InChI=1S/C20H27N5O4S/c1-2-29-20(28)25-12-10-24(11-13-25)19(27)23-17(18(26)22-9-8-21)15-30-14-16-6-4-3-5-7-16/h3-7,17H,2,9-15H2,1H3,(H,22,26)(H,23,27). The molecule has 1 heterocycles. The minimum absolute atomic E-state index is 0.118. The molecule has 0 aromatic heterocycles. The van der Waals surface area contributed by atoms with E-state index in [0.29, 0.717) is 44.3 Å². The molecule has 0 spiro atoms. The van der Waals surface area contributed by atoms with E-state index in [4.69, 9.17) is 10.00 Å². The summed E-state index contributed by atoms with van der Waals surface area (Å²) < 4.78 is 4.98. The molecule has 162 valence electrons. The second-order valence-electron chi connectivity index (χ2n) is 6.55. The second-order valence-corrected chi connectivity index (χ2v) is 7.58. The molecular formula is C20H27N5O4S. The fraction of sp³-hybridized carbons (Fsp3) is 0.500. The van der Waals surface area contributed by atoms with Crippen LogP contribution in [-0.2, 0) is 15.3 Å². The first-order valence-electron chi connectivity index (χ1n) is 9.78. The molecule has 0 radical (unpaired) electrons. The Kier molecular flexibility index (Phi) is 9.80. The SMILES string of the molecule is CCOC(=O)N1CCN(C(=O)NC(CSCc2ccccc2)C(=O)NCC#N)CC1. The van der Waals surface area contributed by atoms with E-state index in [2.05, 4.69) is 10.6 Å². The third kappa shape index (κ3) is 7.48. The summed E-state index contributed by atoms with van der Waals surface area (Å²) in [4.78, 5) is 40.0. The second kappa shape index (κ2) is 12.6. The summed E-state index contributed by atoms with van der Waals surface area (Å²) in [7, 11) is 0. The Morgan fingerprint density at radius 3 is 2.47 bits per heavy atom. The summed E-state index contributed by atoms with van der Waals surface area (Å²) in [6, 6.07) is 10.6. The van der Waals surface area contributed by atoms with E-state index >= 15 is 0 Å². The molecule has 2 N–H and O–H groups in total. The van der Waals surface area contributed by atoms with Gasteiger partial charge in [0.2, 0.25) is 5.91 Å². The van der Waals surface area contributed by atoms with Crippen LogP contribution in [0.25, 0.3) is 0 Å². The van der Waals surface area contributed by atoms with Gasteiger partial charge in [-0.3, -0.25) is 4.79 Å². The number of benzene rings is 1. The molecule has 0 aliphatic carbocycles. The molecule has 1 unspecified atom stereocenters. The molecule has 10 heteroatoms. The number of hydrogen-bond donors (Lipinski definition) is 2. The van der Waals surface area contributed by atoms with Gasteiger partial charge >= 0.3 is 12.1 Å². The number of carbonyl (C=O) groups is 3. The monoisotopic (exact) mass is 433 g/mol. The zero-order valence-corrected chi connectivity index (χ0v) is 17.8. The fourth-order valence-corrected chi connectivity index (χ4v) is 3.87. The smallest absolute Gasteiger partial charge is 0.409 e. The van der Waals surface area contributed by atoms with Crippen LogP contribution in [-0.4, -0.2) is 79.0 Å². The van der Waals surface area contributed by atoms with Gasteiger partial charge in [-0.1, -0.05) is 30.3 Å². The van der Waals surface area contributed by atoms with Crippen molar-refractivity contribution in [3.8, 4) is 6.07 Å². The summed E-state index contributed by atoms with van der Waals surface area (Å²) in [6.07, 6.45) is -0.386. The van der Waals surface area contributed by atoms with Gasteiger partial charge < -0.3 is 25.2 Å². The topological polar surface area (TPSA) is 115 Å². The van der Waals surface area contributed by atoms with Gasteiger partial charge in [0.05, 0.1) is 12.7 Å². The quantitative estimate of drug-likeness (QED) is 0.599. The van der Waals surface area contributed by atoms with Crippen LogP contribution in [0, 0.1) is 11.3 Å². The van der Waals surface area contributed by atoms with Gasteiger partial charge in [-0.25, -0.2) is 9.59 Å². The Morgan fingerprint density at radius 2 is 1.83 bits per heavy atom. The number of hydrogen-bond acceptors (Lipinski definition) is 6. The number of amides is 4. The minimum Gasteiger partial charge on any atom is -0.450 e. The number of piperazine rings is 1. The number of nitrogens with one attached hydrogen (secondary N) is 2. The molecule has 1 fully saturated rings. The summed E-state index contributed by atoms with van der Waals surface area (Å²) in [6.45, 7) is 3.39. The highest BCUT2D eigenvalue weighted by atomic mass is 32.2. The highest BCUT2D eigenvalue weighted by Crippen LogP contribution is 2.13. The van der Waals surface area contributed by atoms with Gasteiger partial charge in [0, 0.05) is 37.7 Å². The van der Waals surface area contributed by atoms with Crippen molar-refractivity contribution < 1.29 is 19.1 Å². The van der Waals surface area contributed by atoms with Crippen LogP contribution in [0.15, 0.2) is 30.3 Å². The summed E-state index contributed by atoms with van der Waals surface area (Å²) in [5.74, 6) is 0.688. The highest BCUT2D eigenvalue weighted by Gasteiger charge is 2.28. The van der Waals surface area contributed by atoms with E-state index in [0.717, 1.165) is 5.56 Å². The lowest BCUT2D eigenvalue weighted by molar-refractivity contribution is -0.122. The average Bonchev–Trinajstić information content (AvgIpc) is 2.77. The number of thioether (sulfide) groups is 1. The van der Waals surface area contributed by atoms with Crippen LogP contribution >= 0.6 is 11.8 Å². The summed E-state index contributed by atoms with van der Waals surface area (Å²) in [5.41, 5.74) is 1.13. The zero-order chi connectivity index (χ0) is 21.8. The number of nitrogens with zero attached hydrogens (tertiary/aromatic N) is 3. The number of rotatable bonds is 8. The first kappa shape index (κ1) is 23.3. The molecule has 1 aromatic rings. The van der Waals surface area contributed by atoms with Crippen molar-refractivity contribution in [3.63, 3.8) is 0 Å². The first-order chi connectivity index (χ1) is 14.5. The van der Waals surface area contributed by atoms with Crippen molar-refractivity contribution >= 4 is 29.8 Å². The number of urea groups is 1. The molecule has 0 saturated carbocycles. The predicted octanol–water partition coefficient (Wildman–Crippen LogP) is 1.41. The maximum atomic E-state index is 12.6. The van der Waals surface area contributed by atoms with Gasteiger partial charge in [0.25, 0.3) is 0 Å². The molecule has 1 atom stereocenters. The normalized spacial score (nSPS) is 14.4. The third-order valence-corrected chi connectivity index (χ3v) is 5.55. The maximum Gasteiger partial charge on any atom is 0.409 e. The van der Waals surface area contributed by atoms with Crippen molar-refractivity contribution in [1.29, 1.82) is 5.26 Å². The van der Waals surface area contributed by atoms with Crippen molar-refractivity contribution in [2.75, 3.05) is 45.1 Å². The molecular weight excluding hydrogens is 406 g/mol. The van der Waals surface area contributed by atoms with Crippen LogP contribution in [0.2, 0.25) is 0 Å². The molecule has 2 rings (SSSR count). The van der Waals surface area contributed by atoms with Gasteiger partial charge in [0.15, 0.2) is 0 Å². The lowest BCUT2D eigenvalue weighted by Gasteiger charge is -2.34. The number of carbonyl (C=O) groups excluding carboxylic acids is 3. The summed E-state index contributed by atoms with van der Waals surface area (Å²) in [5, 5.41) is 14.0. The van der Waals surface area contributed by atoms with E-state index in [-0.39, 0.29) is 18.7 Å². The molecule has 1 saturated heterocycles. The molecule has 1 aromatic carbocycles. The molecule has 0 bridgehead atoms. The van der Waals surface area contributed by atoms with Crippen LogP contribution < -0.4 is 10.6 Å². The van der Waals surface area contributed by atoms with Gasteiger partial charge in [-0.05, 0) is 12.5 Å². The van der Waals surface area contributed by atoms with Gasteiger partial charge in [-0.15, -0.1) is 0 Å². The van der Waals surface area contributed by atoms with E-state index in [1.54, 1.807) is 16.7 Å². The lowest BCUT2D eigenvalue weighted by Crippen LogP contribution is -2.57. The van der Waals surface area contributed by atoms with Crippen LogP contribution in [0.4, 0.5) is 9.59 Å². The number of nitriles is 1. The molecule has 1 aliphatic rings. The first-order valence-corrected chi connectivity index (χ1v) is 10.9. The number of ether oxygens (including phenoxy) is 1. The predicted molar refractivity (Wildman–Crippen MR) is 114 cm³/mol. The van der Waals surface area contributed by atoms with E-state index < -0.39 is 11.9 Å². The largest absolute Gasteiger partial charge is 0.450 e. The van der Waals surface area contributed by atoms with Crippen molar-refractivity contribution in [2.45, 2.75) is 18.7 Å². The zero-order valence-electron chi connectivity index (χ0n) is 17.0. The van der Waals surface area contributed by atoms with E-state index in [9.17, 15) is 14.4 Å². The fourth-order valence-electron chi connectivity index (χ4n) is 2.85. The molecule has 1 aliphatic heterocycles. The van der Waals surface area contributed by atoms with Crippen LogP contribution in [0.5, 0.6) is 0 Å². The Balaban J connectivity index is 1.87. The average molecular weight is 434 g/mol. The maximum absolute atomic E-state index is 12.6. The molecule has 4 amide bonds. The van der Waals surface area contributed by atoms with Crippen molar-refractivity contribution in [2.24, 2.45) is 0 Å². The van der Waals surface area contributed by atoms with Crippen molar-refractivity contribution in [3.05, 3.63) is 35.9 Å². The van der Waals surface area contributed by atoms with Crippen LogP contribution in [0.3, 0.4) is 0 Å². The lowest BCUT2D eigenvalue weighted by atomic mass is 10.2. The Hall–Kier alpha value is -2.93. The van der Waals surface area contributed by atoms with E-state index in [1.165, 1.54) is 11.8 Å². The minimum atomic E-state index is -0.761. The third-order valence-electron chi connectivity index (χ3n) is 4.44. The van der Waals surface area contributed by atoms with Gasteiger partial charge in [-0.2, -0.15) is 17.0 Å². The molecule has 30 heavy (non-hydrogen) atoms. The summed E-state index contributed by atoms with van der Waals surface area (Å²) >= 11 is 1.53. The highest BCUT2D eigenvalue weighted by molar-refractivity contribution is 7.98. The van der Waals surface area contributed by atoms with Crippen molar-refractivity contribution in [1.82, 2.24) is 20.4 Å². The van der Waals surface area contributed by atoms with Crippen LogP contribution in [0.1, 0.15) is 12.5 Å². The van der Waals surface area contributed by atoms with E-state index in [1.807, 2.05) is 36.4 Å². The Bertz CT molecular complexity index is 747. The Labute approximate surface area is 180 Å². The Morgan fingerprint density at radius 1 is 1.17 bits per heavy atom. The molecule has 9 nitrogen and oxygen atoms in total. The van der Waals surface area contributed by atoms with Gasteiger partial charge in [0.1, 0.15) is 12.6 Å².